The fraction of sp³-hybridized carbons (Fsp3) is 0.150. The number of nitrogens with one attached hydrogen (secondary N) is 1. The summed E-state index contributed by atoms with van der Waals surface area (Å²) in [4.78, 5) is 49.8. The molecule has 0 radical (unpaired) electrons. The number of hydrogen-bond acceptors (Lipinski definition) is 11. The molecular formula is C40H35N3O8S. The van der Waals surface area contributed by atoms with Gasteiger partial charge in [0, 0.05) is 16.7 Å². The number of methoxy groups -OCH3 is 1. The van der Waals surface area contributed by atoms with E-state index in [-0.39, 0.29) is 36.9 Å². The minimum absolute atomic E-state index is 0.0201. The molecule has 0 aliphatic carbocycles. The highest BCUT2D eigenvalue weighted by molar-refractivity contribution is 8.02. The van der Waals surface area contributed by atoms with E-state index in [1.165, 1.54) is 42.9 Å². The summed E-state index contributed by atoms with van der Waals surface area (Å²) in [6.45, 7) is 0.107. The van der Waals surface area contributed by atoms with Gasteiger partial charge in [0.2, 0.25) is 0 Å². The van der Waals surface area contributed by atoms with Crippen LogP contribution in [0.3, 0.4) is 0 Å². The molecule has 1 atom stereocenters. The Kier molecular flexibility index (Phi) is 13.7. The van der Waals surface area contributed by atoms with Crippen LogP contribution in [-0.4, -0.2) is 55.9 Å². The number of amides is 1. The van der Waals surface area contributed by atoms with Crippen LogP contribution in [0.25, 0.3) is 10.8 Å². The molecule has 0 saturated heterocycles. The van der Waals surface area contributed by atoms with Crippen molar-refractivity contribution in [3.05, 3.63) is 150 Å². The average Bonchev–Trinajstić information content (AvgIpc) is 3.19. The Hall–Kier alpha value is -6.27. The number of nitrogens with zero attached hydrogens (tertiary/aromatic N) is 2. The van der Waals surface area contributed by atoms with Crippen molar-refractivity contribution in [1.82, 2.24) is 5.32 Å². The molecule has 11 nitrogen and oxygen atoms in total. The van der Waals surface area contributed by atoms with Gasteiger partial charge in [-0.05, 0) is 52.8 Å². The number of allylic oxidation sites excluding steroid dienone is 1. The summed E-state index contributed by atoms with van der Waals surface area (Å²) in [6.07, 6.45) is 0.560. The van der Waals surface area contributed by atoms with Crippen LogP contribution in [0.2, 0.25) is 0 Å². The standard InChI is InChI=1S/C40H35N3O8S/c1-48-39(46)34(41-40(47)51-26-28-10-4-2-5-11-28)27-52-25-22-35(44)30-16-18-31(19-17-30)38(45)50-24-23-49-36-21-20-29-12-8-9-15-33(29)37(36)43-42-32-13-6-3-7-14-32/h2-22,25,34H,23-24,26-27H2,1H3,(H,41,47)/b25-22-,43-42?/t34-/m0/s1. The van der Waals surface area contributed by atoms with Crippen LogP contribution in [0.4, 0.5) is 16.2 Å². The van der Waals surface area contributed by atoms with Gasteiger partial charge in [-0.3, -0.25) is 4.79 Å². The van der Waals surface area contributed by atoms with Crippen molar-refractivity contribution in [3.63, 3.8) is 0 Å². The highest BCUT2D eigenvalue weighted by Crippen LogP contribution is 2.37. The number of thioether (sulfide) groups is 1. The molecule has 5 aromatic rings. The van der Waals surface area contributed by atoms with Gasteiger partial charge < -0.3 is 24.3 Å². The van der Waals surface area contributed by atoms with E-state index in [1.807, 2.05) is 97.1 Å². The number of azo groups is 1. The lowest BCUT2D eigenvalue weighted by molar-refractivity contribution is -0.142. The smallest absolute Gasteiger partial charge is 0.408 e. The molecule has 0 fully saturated rings. The lowest BCUT2D eigenvalue weighted by Crippen LogP contribution is -2.43. The van der Waals surface area contributed by atoms with E-state index < -0.39 is 24.1 Å². The van der Waals surface area contributed by atoms with Gasteiger partial charge in [0.15, 0.2) is 5.78 Å². The number of ether oxygens (including phenoxy) is 4. The summed E-state index contributed by atoms with van der Waals surface area (Å²) in [5.41, 5.74) is 2.69. The van der Waals surface area contributed by atoms with Crippen LogP contribution < -0.4 is 10.1 Å². The van der Waals surface area contributed by atoms with Gasteiger partial charge in [-0.2, -0.15) is 5.11 Å². The molecular weight excluding hydrogens is 683 g/mol. The quantitative estimate of drug-likeness (QED) is 0.0266. The van der Waals surface area contributed by atoms with Crippen molar-refractivity contribution >= 4 is 57.7 Å². The lowest BCUT2D eigenvalue weighted by atomic mass is 10.1. The number of benzene rings is 5. The van der Waals surface area contributed by atoms with Gasteiger partial charge in [0.1, 0.15) is 37.3 Å². The zero-order valence-corrected chi connectivity index (χ0v) is 29.0. The van der Waals surface area contributed by atoms with E-state index >= 15 is 0 Å². The molecule has 5 rings (SSSR count). The third-order valence-corrected chi connectivity index (χ3v) is 8.29. The van der Waals surface area contributed by atoms with Crippen molar-refractivity contribution in [2.75, 3.05) is 26.1 Å². The Bertz CT molecular complexity index is 2040. The molecule has 0 aliphatic heterocycles. The largest absolute Gasteiger partial charge is 0.488 e. The Morgan fingerprint density at radius 1 is 0.750 bits per heavy atom. The Balaban J connectivity index is 1.08. The van der Waals surface area contributed by atoms with Crippen molar-refractivity contribution in [1.29, 1.82) is 0 Å². The monoisotopic (exact) mass is 717 g/mol. The number of ketones is 1. The molecule has 0 bridgehead atoms. The van der Waals surface area contributed by atoms with Gasteiger partial charge in [0.25, 0.3) is 0 Å². The first-order valence-electron chi connectivity index (χ1n) is 16.2. The number of esters is 2. The summed E-state index contributed by atoms with van der Waals surface area (Å²) < 4.78 is 21.3. The maximum atomic E-state index is 12.7. The number of rotatable bonds is 16. The molecule has 52 heavy (non-hydrogen) atoms. The third-order valence-electron chi connectivity index (χ3n) is 7.43. The molecule has 1 amide bonds. The first-order chi connectivity index (χ1) is 25.4. The minimum atomic E-state index is -0.992. The number of fused-ring (bicyclic) bond motifs is 1. The number of hydrogen-bond donors (Lipinski definition) is 1. The maximum absolute atomic E-state index is 12.7. The van der Waals surface area contributed by atoms with Crippen molar-refractivity contribution in [2.24, 2.45) is 10.2 Å². The van der Waals surface area contributed by atoms with E-state index in [4.69, 9.17) is 18.9 Å². The van der Waals surface area contributed by atoms with Crippen LogP contribution in [0.15, 0.2) is 143 Å². The minimum Gasteiger partial charge on any atom is -0.488 e. The molecule has 5 aromatic carbocycles. The highest BCUT2D eigenvalue weighted by Gasteiger charge is 2.22. The van der Waals surface area contributed by atoms with E-state index in [2.05, 4.69) is 15.5 Å². The summed E-state index contributed by atoms with van der Waals surface area (Å²) >= 11 is 1.14. The van der Waals surface area contributed by atoms with Gasteiger partial charge >= 0.3 is 18.0 Å². The van der Waals surface area contributed by atoms with Crippen molar-refractivity contribution in [2.45, 2.75) is 12.6 Å². The predicted octanol–water partition coefficient (Wildman–Crippen LogP) is 8.39. The third kappa shape index (κ3) is 10.9. The number of carbonyl (C=O) groups is 4. The molecule has 0 heterocycles. The molecule has 0 aliphatic rings. The zero-order chi connectivity index (χ0) is 36.5. The number of carbonyl (C=O) groups excluding carboxylic acids is 4. The average molecular weight is 718 g/mol. The number of alkyl carbamates (subject to hydrolysis) is 1. The zero-order valence-electron chi connectivity index (χ0n) is 28.2. The Labute approximate surface area is 304 Å². The van der Waals surface area contributed by atoms with Crippen LogP contribution in [0.1, 0.15) is 26.3 Å². The van der Waals surface area contributed by atoms with Gasteiger partial charge in [-0.1, -0.05) is 91.0 Å². The maximum Gasteiger partial charge on any atom is 0.408 e. The fourth-order valence-electron chi connectivity index (χ4n) is 4.77. The second kappa shape index (κ2) is 19.2. The lowest BCUT2D eigenvalue weighted by Gasteiger charge is -2.15. The first-order valence-corrected chi connectivity index (χ1v) is 17.2. The molecule has 1 N–H and O–H groups in total. The molecule has 0 aromatic heterocycles. The van der Waals surface area contributed by atoms with E-state index in [0.29, 0.717) is 22.7 Å². The van der Waals surface area contributed by atoms with Crippen molar-refractivity contribution < 1.29 is 38.1 Å². The topological polar surface area (TPSA) is 142 Å². The molecule has 0 spiro atoms. The molecule has 264 valence electrons. The van der Waals surface area contributed by atoms with Crippen molar-refractivity contribution in [3.8, 4) is 5.75 Å². The molecule has 12 heteroatoms. The predicted molar refractivity (Wildman–Crippen MR) is 198 cm³/mol. The molecule has 0 saturated carbocycles. The van der Waals surface area contributed by atoms with Crippen LogP contribution in [0.5, 0.6) is 5.75 Å². The van der Waals surface area contributed by atoms with Gasteiger partial charge in [-0.15, -0.1) is 16.9 Å². The summed E-state index contributed by atoms with van der Waals surface area (Å²) in [5.74, 6) is -0.935. The second-order valence-electron chi connectivity index (χ2n) is 11.0. The van der Waals surface area contributed by atoms with Crippen LogP contribution in [0, 0.1) is 0 Å². The van der Waals surface area contributed by atoms with Gasteiger partial charge in [0.05, 0.1) is 18.4 Å². The summed E-state index contributed by atoms with van der Waals surface area (Å²) in [7, 11) is 1.22. The summed E-state index contributed by atoms with van der Waals surface area (Å²) in [5, 5.41) is 14.7. The highest BCUT2D eigenvalue weighted by atomic mass is 32.2. The van der Waals surface area contributed by atoms with E-state index in [1.54, 1.807) is 0 Å². The Morgan fingerprint density at radius 2 is 1.44 bits per heavy atom. The molecule has 0 unspecified atom stereocenters. The van der Waals surface area contributed by atoms with E-state index in [0.717, 1.165) is 28.1 Å². The normalized spacial score (nSPS) is 11.6. The van der Waals surface area contributed by atoms with Gasteiger partial charge in [-0.25, -0.2) is 14.4 Å². The van der Waals surface area contributed by atoms with Crippen LogP contribution >= 0.6 is 11.8 Å². The summed E-state index contributed by atoms with van der Waals surface area (Å²) in [6, 6.07) is 35.1. The fourth-order valence-corrected chi connectivity index (χ4v) is 5.52. The van der Waals surface area contributed by atoms with Crippen LogP contribution in [-0.2, 0) is 25.6 Å². The first kappa shape index (κ1) is 37.0. The second-order valence-corrected chi connectivity index (χ2v) is 12.0. The SMILES string of the molecule is COC(=O)[C@H](CS/C=C\C(=O)c1ccc(C(=O)OCCOc2ccc3ccccc3c2N=Nc2ccccc2)cc1)NC(=O)OCc1ccccc1. The Morgan fingerprint density at radius 3 is 2.19 bits per heavy atom. The van der Waals surface area contributed by atoms with E-state index in [9.17, 15) is 19.2 Å².